The van der Waals surface area contributed by atoms with Crippen molar-refractivity contribution in [3.63, 3.8) is 0 Å². The maximum Gasteiger partial charge on any atom is 0.151 e. The van der Waals surface area contributed by atoms with Gasteiger partial charge in [-0.3, -0.25) is 0 Å². The van der Waals surface area contributed by atoms with Crippen molar-refractivity contribution in [2.24, 2.45) is 4.99 Å². The Morgan fingerprint density at radius 3 is 2.69 bits per heavy atom. The van der Waals surface area contributed by atoms with Gasteiger partial charge in [-0.15, -0.1) is 0 Å². The minimum Gasteiger partial charge on any atom is -0.236 e. The van der Waals surface area contributed by atoms with Gasteiger partial charge in [-0.25, -0.2) is 14.4 Å². The van der Waals surface area contributed by atoms with Crippen LogP contribution in [0.4, 0.5) is 10.2 Å². The normalized spacial score (nSPS) is 10.9. The summed E-state index contributed by atoms with van der Waals surface area (Å²) in [5, 5.41) is 0. The molecule has 80 valence electrons. The molecule has 0 atom stereocenters. The Morgan fingerprint density at radius 2 is 2.00 bits per heavy atom. The molecular weight excluding hydrogens is 271 g/mol. The van der Waals surface area contributed by atoms with Crippen molar-refractivity contribution in [2.75, 3.05) is 0 Å². The van der Waals surface area contributed by atoms with Crippen molar-refractivity contribution in [3.05, 3.63) is 58.4 Å². The Labute approximate surface area is 101 Å². The number of nitrogens with zero attached hydrogens (tertiary/aromatic N) is 2. The van der Waals surface area contributed by atoms with Crippen LogP contribution in [0.3, 0.4) is 0 Å². The maximum atomic E-state index is 13.2. The standard InChI is InChI=1S/C12H8BrFN2/c13-10-5-6-12(16-8-10)15-7-9-3-1-2-4-11(9)14/h1-8H/b15-7+. The fourth-order valence-corrected chi connectivity index (χ4v) is 1.39. The van der Waals surface area contributed by atoms with Gasteiger partial charge in [0.05, 0.1) is 0 Å². The first kappa shape index (κ1) is 11.0. The van der Waals surface area contributed by atoms with E-state index < -0.39 is 0 Å². The number of rotatable bonds is 2. The van der Waals surface area contributed by atoms with Gasteiger partial charge in [-0.1, -0.05) is 18.2 Å². The van der Waals surface area contributed by atoms with Gasteiger partial charge in [-0.2, -0.15) is 0 Å². The summed E-state index contributed by atoms with van der Waals surface area (Å²) < 4.78 is 14.1. The lowest BCUT2D eigenvalue weighted by atomic mass is 10.2. The van der Waals surface area contributed by atoms with Gasteiger partial charge in [0.2, 0.25) is 0 Å². The molecule has 0 bridgehead atoms. The third-order valence-corrected chi connectivity index (χ3v) is 2.42. The molecule has 1 heterocycles. The zero-order chi connectivity index (χ0) is 11.4. The monoisotopic (exact) mass is 278 g/mol. The lowest BCUT2D eigenvalue weighted by molar-refractivity contribution is 0.626. The average Bonchev–Trinajstić information content (AvgIpc) is 2.30. The van der Waals surface area contributed by atoms with Crippen LogP contribution in [0.5, 0.6) is 0 Å². The van der Waals surface area contributed by atoms with E-state index >= 15 is 0 Å². The molecule has 0 unspecified atom stereocenters. The van der Waals surface area contributed by atoms with Crippen LogP contribution in [0.15, 0.2) is 52.1 Å². The highest BCUT2D eigenvalue weighted by molar-refractivity contribution is 9.10. The Morgan fingerprint density at radius 1 is 1.19 bits per heavy atom. The molecule has 0 saturated heterocycles. The molecule has 16 heavy (non-hydrogen) atoms. The van der Waals surface area contributed by atoms with E-state index in [0.717, 1.165) is 4.47 Å². The average molecular weight is 279 g/mol. The largest absolute Gasteiger partial charge is 0.236 e. The van der Waals surface area contributed by atoms with Crippen molar-refractivity contribution in [1.29, 1.82) is 0 Å². The first-order chi connectivity index (χ1) is 7.75. The van der Waals surface area contributed by atoms with Gasteiger partial charge in [0, 0.05) is 22.4 Å². The summed E-state index contributed by atoms with van der Waals surface area (Å²) in [7, 11) is 0. The minimum atomic E-state index is -0.289. The van der Waals surface area contributed by atoms with Crippen LogP contribution in [0.2, 0.25) is 0 Å². The van der Waals surface area contributed by atoms with Gasteiger partial charge in [-0.05, 0) is 34.1 Å². The summed E-state index contributed by atoms with van der Waals surface area (Å²) in [5.41, 5.74) is 0.451. The van der Waals surface area contributed by atoms with Crippen LogP contribution in [0, 0.1) is 5.82 Å². The third-order valence-electron chi connectivity index (χ3n) is 1.95. The molecule has 0 aliphatic carbocycles. The van der Waals surface area contributed by atoms with Crippen molar-refractivity contribution in [2.45, 2.75) is 0 Å². The van der Waals surface area contributed by atoms with E-state index in [0.29, 0.717) is 11.4 Å². The highest BCUT2D eigenvalue weighted by Gasteiger charge is 1.96. The van der Waals surface area contributed by atoms with Crippen molar-refractivity contribution >= 4 is 28.0 Å². The van der Waals surface area contributed by atoms with Crippen LogP contribution in [-0.4, -0.2) is 11.2 Å². The molecule has 0 saturated carbocycles. The maximum absolute atomic E-state index is 13.2. The number of aromatic nitrogens is 1. The predicted octanol–water partition coefficient (Wildman–Crippen LogP) is 3.73. The number of hydrogen-bond donors (Lipinski definition) is 0. The van der Waals surface area contributed by atoms with E-state index in [2.05, 4.69) is 25.9 Å². The SMILES string of the molecule is Fc1ccccc1/C=N/c1ccc(Br)cn1. The molecule has 2 rings (SSSR count). The molecule has 0 aliphatic heterocycles. The molecular formula is C12H8BrFN2. The number of aliphatic imine (C=N–C) groups is 1. The lowest BCUT2D eigenvalue weighted by Crippen LogP contribution is -1.86. The topological polar surface area (TPSA) is 25.2 Å². The summed E-state index contributed by atoms with van der Waals surface area (Å²) in [6.07, 6.45) is 3.11. The van der Waals surface area contributed by atoms with E-state index in [-0.39, 0.29) is 5.82 Å². The second-order valence-corrected chi connectivity index (χ2v) is 4.03. The van der Waals surface area contributed by atoms with Gasteiger partial charge >= 0.3 is 0 Å². The molecule has 2 aromatic rings. The molecule has 0 fully saturated rings. The van der Waals surface area contributed by atoms with E-state index in [4.69, 9.17) is 0 Å². The van der Waals surface area contributed by atoms with Gasteiger partial charge < -0.3 is 0 Å². The molecule has 0 amide bonds. The Hall–Kier alpha value is -1.55. The Balaban J connectivity index is 2.21. The highest BCUT2D eigenvalue weighted by atomic mass is 79.9. The highest BCUT2D eigenvalue weighted by Crippen LogP contribution is 2.13. The molecule has 1 aromatic heterocycles. The van der Waals surface area contributed by atoms with E-state index in [1.165, 1.54) is 12.3 Å². The minimum absolute atomic E-state index is 0.289. The van der Waals surface area contributed by atoms with Crippen molar-refractivity contribution in [3.8, 4) is 0 Å². The smallest absolute Gasteiger partial charge is 0.151 e. The number of hydrogen-bond acceptors (Lipinski definition) is 2. The van der Waals surface area contributed by atoms with Crippen LogP contribution >= 0.6 is 15.9 Å². The fraction of sp³-hybridized carbons (Fsp3) is 0. The number of pyridine rings is 1. The van der Waals surface area contributed by atoms with E-state index in [1.54, 1.807) is 30.5 Å². The summed E-state index contributed by atoms with van der Waals surface area (Å²) in [6.45, 7) is 0. The van der Waals surface area contributed by atoms with E-state index in [9.17, 15) is 4.39 Å². The number of halogens is 2. The predicted molar refractivity (Wildman–Crippen MR) is 65.6 cm³/mol. The molecule has 0 aliphatic rings. The Kier molecular flexibility index (Phi) is 3.41. The zero-order valence-corrected chi connectivity index (χ0v) is 9.86. The number of benzene rings is 1. The van der Waals surface area contributed by atoms with Crippen molar-refractivity contribution in [1.82, 2.24) is 4.98 Å². The molecule has 0 N–H and O–H groups in total. The molecule has 2 nitrogen and oxygen atoms in total. The second-order valence-electron chi connectivity index (χ2n) is 3.11. The van der Waals surface area contributed by atoms with Crippen LogP contribution in [0.25, 0.3) is 0 Å². The van der Waals surface area contributed by atoms with Gasteiger partial charge in [0.25, 0.3) is 0 Å². The van der Waals surface area contributed by atoms with Crippen LogP contribution < -0.4 is 0 Å². The summed E-state index contributed by atoms with van der Waals surface area (Å²) in [4.78, 5) is 8.14. The molecule has 0 spiro atoms. The summed E-state index contributed by atoms with van der Waals surface area (Å²) >= 11 is 3.28. The van der Waals surface area contributed by atoms with Crippen molar-refractivity contribution < 1.29 is 4.39 Å². The van der Waals surface area contributed by atoms with Gasteiger partial charge in [0.1, 0.15) is 5.82 Å². The Bertz CT molecular complexity index is 509. The molecule has 4 heteroatoms. The molecule has 0 radical (unpaired) electrons. The van der Waals surface area contributed by atoms with Crippen LogP contribution in [0.1, 0.15) is 5.56 Å². The van der Waals surface area contributed by atoms with E-state index in [1.807, 2.05) is 6.07 Å². The zero-order valence-electron chi connectivity index (χ0n) is 8.27. The molecule has 1 aromatic carbocycles. The second kappa shape index (κ2) is 4.99. The quantitative estimate of drug-likeness (QED) is 0.769. The first-order valence-electron chi connectivity index (χ1n) is 4.66. The first-order valence-corrected chi connectivity index (χ1v) is 5.45. The fourth-order valence-electron chi connectivity index (χ4n) is 1.16. The summed E-state index contributed by atoms with van der Waals surface area (Å²) in [6, 6.07) is 10.1. The van der Waals surface area contributed by atoms with Crippen LogP contribution in [-0.2, 0) is 0 Å². The third kappa shape index (κ3) is 2.73. The lowest BCUT2D eigenvalue weighted by Gasteiger charge is -1.95. The summed E-state index contributed by atoms with van der Waals surface area (Å²) in [5.74, 6) is 0.259. The van der Waals surface area contributed by atoms with Gasteiger partial charge in [0.15, 0.2) is 5.82 Å².